The number of phenolic OH excluding ortho intramolecular Hbond substituents is 1. The molecule has 0 saturated carbocycles. The zero-order valence-corrected chi connectivity index (χ0v) is 9.62. The summed E-state index contributed by atoms with van der Waals surface area (Å²) in [6.45, 7) is 0. The Morgan fingerprint density at radius 2 is 1.80 bits per heavy atom. The fraction of sp³-hybridized carbons (Fsp3) is 0.273. The lowest BCUT2D eigenvalue weighted by atomic mass is 10.1. The van der Waals surface area contributed by atoms with Crippen molar-refractivity contribution in [1.29, 1.82) is 0 Å². The lowest BCUT2D eigenvalue weighted by Crippen LogP contribution is -1.90. The normalized spacial score (nSPS) is 10.6. The molecule has 0 spiro atoms. The molecule has 0 aliphatic rings. The summed E-state index contributed by atoms with van der Waals surface area (Å²) < 4.78 is 10.1. The fourth-order valence-corrected chi connectivity index (χ4v) is 1.30. The van der Waals surface area contributed by atoms with E-state index in [1.54, 1.807) is 12.1 Å². The summed E-state index contributed by atoms with van der Waals surface area (Å²) in [5.41, 5.74) is 0.899. The van der Waals surface area contributed by atoms with Gasteiger partial charge in [-0.25, -0.2) is 0 Å². The van der Waals surface area contributed by atoms with Gasteiger partial charge in [0.05, 0.1) is 14.2 Å². The minimum Gasteiger partial charge on any atom is -0.502 e. The number of thiol groups is 1. The van der Waals surface area contributed by atoms with Crippen LogP contribution in [0.2, 0.25) is 0 Å². The van der Waals surface area contributed by atoms with E-state index in [2.05, 4.69) is 12.6 Å². The van der Waals surface area contributed by atoms with Crippen molar-refractivity contribution in [2.75, 3.05) is 20.0 Å². The number of methoxy groups -OCH3 is 2. The summed E-state index contributed by atoms with van der Waals surface area (Å²) in [4.78, 5) is 0. The van der Waals surface area contributed by atoms with E-state index in [1.165, 1.54) is 14.2 Å². The minimum atomic E-state index is 0.0167. The molecule has 0 aliphatic carbocycles. The van der Waals surface area contributed by atoms with Gasteiger partial charge in [0, 0.05) is 5.75 Å². The van der Waals surface area contributed by atoms with Gasteiger partial charge in [0.2, 0.25) is 5.75 Å². The average Bonchev–Trinajstić information content (AvgIpc) is 2.27. The molecule has 1 rings (SSSR count). The molecule has 3 nitrogen and oxygen atoms in total. The van der Waals surface area contributed by atoms with Gasteiger partial charge >= 0.3 is 0 Å². The topological polar surface area (TPSA) is 38.7 Å². The quantitative estimate of drug-likeness (QED) is 0.774. The summed E-state index contributed by atoms with van der Waals surface area (Å²) in [6.07, 6.45) is 3.78. The van der Waals surface area contributed by atoms with E-state index in [1.807, 2.05) is 12.2 Å². The summed E-state index contributed by atoms with van der Waals surface area (Å²) in [5.74, 6) is 1.47. The van der Waals surface area contributed by atoms with Crippen molar-refractivity contribution in [3.8, 4) is 17.2 Å². The number of benzene rings is 1. The smallest absolute Gasteiger partial charge is 0.200 e. The lowest BCUT2D eigenvalue weighted by Gasteiger charge is -2.09. The highest BCUT2D eigenvalue weighted by molar-refractivity contribution is 7.80. The Balaban J connectivity index is 3.14. The Morgan fingerprint density at radius 3 is 2.20 bits per heavy atom. The number of aromatic hydroxyl groups is 1. The highest BCUT2D eigenvalue weighted by Crippen LogP contribution is 2.37. The third-order valence-corrected chi connectivity index (χ3v) is 2.13. The summed E-state index contributed by atoms with van der Waals surface area (Å²) in [5, 5.41) is 9.65. The number of phenols is 1. The van der Waals surface area contributed by atoms with Crippen LogP contribution in [0.4, 0.5) is 0 Å². The van der Waals surface area contributed by atoms with Crippen LogP contribution < -0.4 is 9.47 Å². The molecule has 15 heavy (non-hydrogen) atoms. The highest BCUT2D eigenvalue weighted by atomic mass is 32.1. The van der Waals surface area contributed by atoms with Gasteiger partial charge in [0.1, 0.15) is 0 Å². The molecule has 0 unspecified atom stereocenters. The molecule has 82 valence electrons. The van der Waals surface area contributed by atoms with Gasteiger partial charge in [-0.05, 0) is 17.7 Å². The number of ether oxygens (including phenoxy) is 2. The number of hydrogen-bond donors (Lipinski definition) is 2. The Labute approximate surface area is 94.7 Å². The molecular weight excluding hydrogens is 212 g/mol. The average molecular weight is 226 g/mol. The maximum absolute atomic E-state index is 9.65. The van der Waals surface area contributed by atoms with Crippen molar-refractivity contribution in [2.45, 2.75) is 0 Å². The molecule has 1 aromatic carbocycles. The van der Waals surface area contributed by atoms with Gasteiger partial charge < -0.3 is 14.6 Å². The van der Waals surface area contributed by atoms with Gasteiger partial charge in [0.25, 0.3) is 0 Å². The van der Waals surface area contributed by atoms with Crippen LogP contribution in [0.25, 0.3) is 6.08 Å². The largest absolute Gasteiger partial charge is 0.502 e. The van der Waals surface area contributed by atoms with Crippen molar-refractivity contribution >= 4 is 18.7 Å². The molecule has 0 bridgehead atoms. The van der Waals surface area contributed by atoms with Gasteiger partial charge in [0.15, 0.2) is 11.5 Å². The summed E-state index contributed by atoms with van der Waals surface area (Å²) in [7, 11) is 3.00. The third-order valence-electron chi connectivity index (χ3n) is 1.92. The van der Waals surface area contributed by atoms with Gasteiger partial charge in [-0.3, -0.25) is 0 Å². The lowest BCUT2D eigenvalue weighted by molar-refractivity contribution is 0.340. The maximum atomic E-state index is 9.65. The number of hydrogen-bond acceptors (Lipinski definition) is 4. The molecule has 0 fully saturated rings. The van der Waals surface area contributed by atoms with E-state index in [9.17, 15) is 5.11 Å². The molecule has 0 radical (unpaired) electrons. The predicted octanol–water partition coefficient (Wildman–Crippen LogP) is 2.35. The minimum absolute atomic E-state index is 0.0167. The molecular formula is C11H14O3S. The first-order chi connectivity index (χ1) is 7.22. The van der Waals surface area contributed by atoms with E-state index in [-0.39, 0.29) is 5.75 Å². The van der Waals surface area contributed by atoms with Crippen LogP contribution in [0.5, 0.6) is 17.2 Å². The van der Waals surface area contributed by atoms with Crippen LogP contribution in [-0.4, -0.2) is 25.1 Å². The highest BCUT2D eigenvalue weighted by Gasteiger charge is 2.09. The summed E-state index contributed by atoms with van der Waals surface area (Å²) in [6, 6.07) is 3.47. The van der Waals surface area contributed by atoms with E-state index in [0.29, 0.717) is 17.3 Å². The predicted molar refractivity (Wildman–Crippen MR) is 64.1 cm³/mol. The Bertz CT molecular complexity index is 336. The second-order valence-electron chi connectivity index (χ2n) is 2.86. The van der Waals surface area contributed by atoms with Crippen molar-refractivity contribution in [1.82, 2.24) is 0 Å². The fourth-order valence-electron chi connectivity index (χ4n) is 1.20. The molecule has 1 N–H and O–H groups in total. The third kappa shape index (κ3) is 2.83. The maximum Gasteiger partial charge on any atom is 0.200 e. The van der Waals surface area contributed by atoms with Gasteiger partial charge in [-0.2, -0.15) is 12.6 Å². The molecule has 1 aromatic rings. The van der Waals surface area contributed by atoms with Crippen LogP contribution in [0.3, 0.4) is 0 Å². The molecule has 0 aromatic heterocycles. The van der Waals surface area contributed by atoms with E-state index < -0.39 is 0 Å². The second kappa shape index (κ2) is 5.56. The van der Waals surface area contributed by atoms with Crippen molar-refractivity contribution in [3.05, 3.63) is 23.8 Å². The monoisotopic (exact) mass is 226 g/mol. The Hall–Kier alpha value is -1.29. The molecule has 0 heterocycles. The second-order valence-corrected chi connectivity index (χ2v) is 3.22. The van der Waals surface area contributed by atoms with Crippen LogP contribution in [0.15, 0.2) is 18.2 Å². The van der Waals surface area contributed by atoms with Crippen molar-refractivity contribution < 1.29 is 14.6 Å². The van der Waals surface area contributed by atoms with E-state index in [4.69, 9.17) is 9.47 Å². The van der Waals surface area contributed by atoms with Crippen LogP contribution in [0, 0.1) is 0 Å². The Kier molecular flexibility index (Phi) is 4.37. The zero-order chi connectivity index (χ0) is 11.3. The first-order valence-corrected chi connectivity index (χ1v) is 5.08. The molecule has 0 amide bonds. The van der Waals surface area contributed by atoms with Crippen LogP contribution in [0.1, 0.15) is 5.56 Å². The van der Waals surface area contributed by atoms with E-state index in [0.717, 1.165) is 5.56 Å². The molecule has 0 aliphatic heterocycles. The zero-order valence-electron chi connectivity index (χ0n) is 8.73. The van der Waals surface area contributed by atoms with Gasteiger partial charge in [-0.15, -0.1) is 0 Å². The summed E-state index contributed by atoms with van der Waals surface area (Å²) >= 11 is 4.07. The molecule has 0 saturated heterocycles. The van der Waals surface area contributed by atoms with Crippen molar-refractivity contribution in [2.24, 2.45) is 0 Å². The van der Waals surface area contributed by atoms with E-state index >= 15 is 0 Å². The Morgan fingerprint density at radius 1 is 1.27 bits per heavy atom. The molecule has 0 atom stereocenters. The first-order valence-electron chi connectivity index (χ1n) is 4.45. The van der Waals surface area contributed by atoms with Crippen LogP contribution in [-0.2, 0) is 0 Å². The molecule has 4 heteroatoms. The van der Waals surface area contributed by atoms with Gasteiger partial charge in [-0.1, -0.05) is 12.2 Å². The first kappa shape index (κ1) is 11.8. The van der Waals surface area contributed by atoms with Crippen molar-refractivity contribution in [3.63, 3.8) is 0 Å². The van der Waals surface area contributed by atoms with Crippen LogP contribution >= 0.6 is 12.6 Å². The number of rotatable bonds is 4. The SMILES string of the molecule is COc1cc(C=CCS)cc(OC)c1O. The standard InChI is InChI=1S/C11H14O3S/c1-13-9-6-8(4-3-5-15)7-10(14-2)11(9)12/h3-4,6-7,12,15H,5H2,1-2H3.